The number of nitrogens with one attached hydrogen (secondary N) is 2. The number of thiocarbonyl (C=S) groups is 1. The van der Waals surface area contributed by atoms with Crippen LogP contribution in [0.15, 0.2) is 42.5 Å². The molecular weight excluding hydrogens is 366 g/mol. The van der Waals surface area contributed by atoms with Crippen LogP contribution in [0, 0.1) is 10.1 Å². The third-order valence-corrected chi connectivity index (χ3v) is 4.10. The second-order valence-corrected chi connectivity index (χ2v) is 6.26. The van der Waals surface area contributed by atoms with Crippen LogP contribution in [0.1, 0.15) is 35.7 Å². The summed E-state index contributed by atoms with van der Waals surface area (Å²) in [4.78, 5) is 22.8. The summed E-state index contributed by atoms with van der Waals surface area (Å²) in [6, 6.07) is 11.8. The molecule has 2 rings (SSSR count). The summed E-state index contributed by atoms with van der Waals surface area (Å²) in [5.41, 5.74) is 1.82. The highest BCUT2D eigenvalue weighted by molar-refractivity contribution is 7.80. The van der Waals surface area contributed by atoms with E-state index in [1.807, 2.05) is 24.3 Å². The Morgan fingerprint density at radius 3 is 2.52 bits per heavy atom. The third-order valence-electron chi connectivity index (χ3n) is 3.90. The van der Waals surface area contributed by atoms with E-state index in [4.69, 9.17) is 17.0 Å². The van der Waals surface area contributed by atoms with E-state index in [2.05, 4.69) is 17.6 Å². The SMILES string of the molecule is CCCCc1ccc(NC(=S)NC(=O)c2ccc(OC)c([N+](=O)[O-])c2)cc1. The predicted molar refractivity (Wildman–Crippen MR) is 108 cm³/mol. The van der Waals surface area contributed by atoms with Gasteiger partial charge in [0.05, 0.1) is 12.0 Å². The normalized spacial score (nSPS) is 10.1. The fourth-order valence-electron chi connectivity index (χ4n) is 2.45. The van der Waals surface area contributed by atoms with Crippen LogP contribution >= 0.6 is 12.2 Å². The zero-order valence-electron chi connectivity index (χ0n) is 15.2. The number of ether oxygens (including phenoxy) is 1. The van der Waals surface area contributed by atoms with Crippen molar-refractivity contribution < 1.29 is 14.5 Å². The van der Waals surface area contributed by atoms with Crippen molar-refractivity contribution in [3.05, 3.63) is 63.7 Å². The number of benzene rings is 2. The smallest absolute Gasteiger partial charge is 0.311 e. The molecule has 0 bridgehead atoms. The first-order valence-corrected chi connectivity index (χ1v) is 8.89. The fraction of sp³-hybridized carbons (Fsp3) is 0.263. The maximum Gasteiger partial charge on any atom is 0.311 e. The number of nitrogens with zero attached hydrogens (tertiary/aromatic N) is 1. The van der Waals surface area contributed by atoms with E-state index in [0.29, 0.717) is 0 Å². The molecule has 0 aliphatic rings. The molecule has 0 aromatic heterocycles. The Morgan fingerprint density at radius 1 is 1.22 bits per heavy atom. The van der Waals surface area contributed by atoms with Crippen molar-refractivity contribution in [2.45, 2.75) is 26.2 Å². The Kier molecular flexibility index (Phi) is 7.25. The lowest BCUT2D eigenvalue weighted by atomic mass is 10.1. The van der Waals surface area contributed by atoms with Crippen LogP contribution in [-0.2, 0) is 6.42 Å². The summed E-state index contributed by atoms with van der Waals surface area (Å²) < 4.78 is 4.92. The second-order valence-electron chi connectivity index (χ2n) is 5.85. The van der Waals surface area contributed by atoms with Gasteiger partial charge in [-0.15, -0.1) is 0 Å². The van der Waals surface area contributed by atoms with Gasteiger partial charge in [-0.25, -0.2) is 0 Å². The summed E-state index contributed by atoms with van der Waals surface area (Å²) >= 11 is 5.15. The highest BCUT2D eigenvalue weighted by atomic mass is 32.1. The third kappa shape index (κ3) is 5.75. The van der Waals surface area contributed by atoms with E-state index < -0.39 is 10.8 Å². The molecule has 0 fully saturated rings. The lowest BCUT2D eigenvalue weighted by Gasteiger charge is -2.11. The van der Waals surface area contributed by atoms with Crippen LogP contribution in [-0.4, -0.2) is 23.1 Å². The number of carbonyl (C=O) groups excluding carboxylic acids is 1. The molecule has 2 aromatic rings. The summed E-state index contributed by atoms with van der Waals surface area (Å²) in [6.45, 7) is 2.15. The van der Waals surface area contributed by atoms with E-state index in [1.54, 1.807) is 0 Å². The fourth-order valence-corrected chi connectivity index (χ4v) is 2.66. The van der Waals surface area contributed by atoms with Crippen molar-refractivity contribution >= 4 is 34.6 Å². The molecule has 27 heavy (non-hydrogen) atoms. The van der Waals surface area contributed by atoms with Crippen molar-refractivity contribution in [2.75, 3.05) is 12.4 Å². The van der Waals surface area contributed by atoms with E-state index in [-0.39, 0.29) is 22.1 Å². The number of methoxy groups -OCH3 is 1. The molecule has 0 radical (unpaired) electrons. The minimum atomic E-state index is -0.605. The monoisotopic (exact) mass is 387 g/mol. The zero-order chi connectivity index (χ0) is 19.8. The van der Waals surface area contributed by atoms with Gasteiger partial charge in [0, 0.05) is 17.3 Å². The zero-order valence-corrected chi connectivity index (χ0v) is 16.0. The van der Waals surface area contributed by atoms with Crippen molar-refractivity contribution in [1.82, 2.24) is 5.32 Å². The lowest BCUT2D eigenvalue weighted by Crippen LogP contribution is -2.34. The Morgan fingerprint density at radius 2 is 1.93 bits per heavy atom. The van der Waals surface area contributed by atoms with Crippen molar-refractivity contribution in [1.29, 1.82) is 0 Å². The van der Waals surface area contributed by atoms with Crippen LogP contribution in [0.5, 0.6) is 5.75 Å². The van der Waals surface area contributed by atoms with Gasteiger partial charge in [-0.2, -0.15) is 0 Å². The average molecular weight is 387 g/mol. The first-order chi connectivity index (χ1) is 12.9. The van der Waals surface area contributed by atoms with Crippen LogP contribution in [0.4, 0.5) is 11.4 Å². The first kappa shape index (κ1) is 20.3. The standard InChI is InChI=1S/C19H21N3O4S/c1-3-4-5-13-6-9-15(10-7-13)20-19(27)21-18(23)14-8-11-17(26-2)16(12-14)22(24)25/h6-12H,3-5H2,1-2H3,(H2,20,21,23,27). The molecule has 1 amide bonds. The molecular formula is C19H21N3O4S. The summed E-state index contributed by atoms with van der Waals surface area (Å²) in [7, 11) is 1.33. The summed E-state index contributed by atoms with van der Waals surface area (Å²) in [5, 5.41) is 16.6. The molecule has 0 atom stereocenters. The predicted octanol–water partition coefficient (Wildman–Crippen LogP) is 4.07. The number of anilines is 1. The van der Waals surface area contributed by atoms with Gasteiger partial charge < -0.3 is 10.1 Å². The van der Waals surface area contributed by atoms with Crippen LogP contribution in [0.25, 0.3) is 0 Å². The highest BCUT2D eigenvalue weighted by Crippen LogP contribution is 2.27. The van der Waals surface area contributed by atoms with Crippen molar-refractivity contribution in [2.24, 2.45) is 0 Å². The molecule has 0 saturated carbocycles. The number of nitro benzene ring substituents is 1. The van der Waals surface area contributed by atoms with Gasteiger partial charge in [-0.3, -0.25) is 20.2 Å². The minimum absolute atomic E-state index is 0.0837. The largest absolute Gasteiger partial charge is 0.490 e. The number of hydrogen-bond acceptors (Lipinski definition) is 5. The number of rotatable bonds is 7. The molecule has 2 aromatic carbocycles. The number of hydrogen-bond donors (Lipinski definition) is 2. The number of carbonyl (C=O) groups is 1. The summed E-state index contributed by atoms with van der Waals surface area (Å²) in [5.74, 6) is -0.460. The number of amides is 1. The van der Waals surface area contributed by atoms with Crippen molar-refractivity contribution in [3.63, 3.8) is 0 Å². The van der Waals surface area contributed by atoms with Gasteiger partial charge in [0.1, 0.15) is 0 Å². The van der Waals surface area contributed by atoms with Crippen LogP contribution in [0.3, 0.4) is 0 Å². The molecule has 0 unspecified atom stereocenters. The molecule has 7 nitrogen and oxygen atoms in total. The molecule has 142 valence electrons. The first-order valence-electron chi connectivity index (χ1n) is 8.48. The maximum atomic E-state index is 12.3. The molecule has 0 heterocycles. The van der Waals surface area contributed by atoms with Gasteiger partial charge in [0.2, 0.25) is 0 Å². The highest BCUT2D eigenvalue weighted by Gasteiger charge is 2.18. The number of unbranched alkanes of at least 4 members (excludes halogenated alkanes) is 1. The second kappa shape index (κ2) is 9.63. The van der Waals surface area contributed by atoms with E-state index in [0.717, 1.165) is 31.0 Å². The molecule has 0 spiro atoms. The van der Waals surface area contributed by atoms with Gasteiger partial charge in [0.15, 0.2) is 10.9 Å². The van der Waals surface area contributed by atoms with Gasteiger partial charge in [-0.1, -0.05) is 25.5 Å². The Hall–Kier alpha value is -3.00. The van der Waals surface area contributed by atoms with Gasteiger partial charge in [-0.05, 0) is 54.9 Å². The summed E-state index contributed by atoms with van der Waals surface area (Å²) in [6.07, 6.45) is 3.29. The quantitative estimate of drug-likeness (QED) is 0.422. The minimum Gasteiger partial charge on any atom is -0.490 e. The number of aryl methyl sites for hydroxylation is 1. The van der Waals surface area contributed by atoms with Gasteiger partial charge >= 0.3 is 5.69 Å². The molecule has 0 saturated heterocycles. The molecule has 0 aliphatic carbocycles. The molecule has 2 N–H and O–H groups in total. The van der Waals surface area contributed by atoms with Crippen molar-refractivity contribution in [3.8, 4) is 5.75 Å². The van der Waals surface area contributed by atoms with Gasteiger partial charge in [0.25, 0.3) is 5.91 Å². The Balaban J connectivity index is 2.00. The topological polar surface area (TPSA) is 93.5 Å². The Labute approximate surface area is 162 Å². The van der Waals surface area contributed by atoms with Crippen LogP contribution < -0.4 is 15.4 Å². The number of nitro groups is 1. The van der Waals surface area contributed by atoms with E-state index in [1.165, 1.54) is 24.8 Å². The average Bonchev–Trinajstić information content (AvgIpc) is 2.66. The maximum absolute atomic E-state index is 12.3. The van der Waals surface area contributed by atoms with E-state index in [9.17, 15) is 14.9 Å². The van der Waals surface area contributed by atoms with E-state index >= 15 is 0 Å². The lowest BCUT2D eigenvalue weighted by molar-refractivity contribution is -0.385. The molecule has 0 aliphatic heterocycles. The molecule has 8 heteroatoms. The van der Waals surface area contributed by atoms with Crippen LogP contribution in [0.2, 0.25) is 0 Å². The Bertz CT molecular complexity index is 837.